The van der Waals surface area contributed by atoms with Crippen LogP contribution in [0.5, 0.6) is 0 Å². The van der Waals surface area contributed by atoms with E-state index in [0.717, 1.165) is 25.7 Å². The first-order valence-electron chi connectivity index (χ1n) is 9.45. The fourth-order valence-corrected chi connectivity index (χ4v) is 3.80. The van der Waals surface area contributed by atoms with Crippen molar-refractivity contribution in [2.45, 2.75) is 45.1 Å². The SMILES string of the molecule is CC1(C(=O)O)CCN(C(=O)NCCCOC2CCCc3ccccc32)C1. The van der Waals surface area contributed by atoms with Gasteiger partial charge in [0.2, 0.25) is 0 Å². The number of nitrogens with zero attached hydrogens (tertiary/aromatic N) is 1. The molecule has 0 radical (unpaired) electrons. The number of aliphatic carboxylic acids is 1. The summed E-state index contributed by atoms with van der Waals surface area (Å²) in [6.07, 6.45) is 4.72. The van der Waals surface area contributed by atoms with E-state index in [9.17, 15) is 14.7 Å². The fraction of sp³-hybridized carbons (Fsp3) is 0.600. The molecule has 0 spiro atoms. The highest BCUT2D eigenvalue weighted by molar-refractivity contribution is 5.79. The molecule has 6 nitrogen and oxygen atoms in total. The number of aryl methyl sites for hydroxylation is 1. The molecule has 26 heavy (non-hydrogen) atoms. The fourth-order valence-electron chi connectivity index (χ4n) is 3.80. The van der Waals surface area contributed by atoms with Crippen molar-refractivity contribution >= 4 is 12.0 Å². The van der Waals surface area contributed by atoms with Crippen LogP contribution in [0.2, 0.25) is 0 Å². The molecule has 1 fully saturated rings. The van der Waals surface area contributed by atoms with Gasteiger partial charge in [-0.2, -0.15) is 0 Å². The Kier molecular flexibility index (Phi) is 5.81. The van der Waals surface area contributed by atoms with Crippen LogP contribution >= 0.6 is 0 Å². The Morgan fingerprint density at radius 3 is 2.96 bits per heavy atom. The van der Waals surface area contributed by atoms with E-state index in [2.05, 4.69) is 29.6 Å². The predicted molar refractivity (Wildman–Crippen MR) is 98.0 cm³/mol. The highest BCUT2D eigenvalue weighted by atomic mass is 16.5. The largest absolute Gasteiger partial charge is 0.481 e. The highest BCUT2D eigenvalue weighted by Crippen LogP contribution is 2.32. The number of nitrogens with one attached hydrogen (secondary N) is 1. The van der Waals surface area contributed by atoms with Crippen LogP contribution in [0.1, 0.15) is 49.8 Å². The summed E-state index contributed by atoms with van der Waals surface area (Å²) in [7, 11) is 0. The lowest BCUT2D eigenvalue weighted by Crippen LogP contribution is -2.41. The van der Waals surface area contributed by atoms with Gasteiger partial charge in [0, 0.05) is 26.2 Å². The zero-order valence-corrected chi connectivity index (χ0v) is 15.4. The molecule has 1 aliphatic heterocycles. The van der Waals surface area contributed by atoms with Crippen molar-refractivity contribution in [2.75, 3.05) is 26.2 Å². The average Bonchev–Trinajstić information content (AvgIpc) is 3.05. The summed E-state index contributed by atoms with van der Waals surface area (Å²) in [5.74, 6) is -0.839. The summed E-state index contributed by atoms with van der Waals surface area (Å²) in [6, 6.07) is 8.27. The van der Waals surface area contributed by atoms with Crippen molar-refractivity contribution in [1.29, 1.82) is 0 Å². The number of carbonyl (C=O) groups excluding carboxylic acids is 1. The monoisotopic (exact) mass is 360 g/mol. The molecule has 0 aromatic heterocycles. The number of fused-ring (bicyclic) bond motifs is 1. The molecule has 2 unspecified atom stereocenters. The van der Waals surface area contributed by atoms with Crippen molar-refractivity contribution < 1.29 is 19.4 Å². The molecule has 3 rings (SSSR count). The second-order valence-corrected chi connectivity index (χ2v) is 7.57. The Balaban J connectivity index is 1.36. The van der Waals surface area contributed by atoms with Crippen molar-refractivity contribution in [1.82, 2.24) is 10.2 Å². The number of hydrogen-bond acceptors (Lipinski definition) is 3. The Bertz CT molecular complexity index is 663. The zero-order chi connectivity index (χ0) is 18.6. The lowest BCUT2D eigenvalue weighted by molar-refractivity contribution is -0.146. The molecule has 0 bridgehead atoms. The lowest BCUT2D eigenvalue weighted by Gasteiger charge is -2.25. The van der Waals surface area contributed by atoms with Crippen molar-refractivity contribution in [3.63, 3.8) is 0 Å². The van der Waals surface area contributed by atoms with Gasteiger partial charge in [-0.05, 0) is 50.2 Å². The molecule has 6 heteroatoms. The van der Waals surface area contributed by atoms with E-state index in [1.54, 1.807) is 11.8 Å². The third-order valence-corrected chi connectivity index (χ3v) is 5.51. The van der Waals surface area contributed by atoms with E-state index in [1.165, 1.54) is 11.1 Å². The minimum Gasteiger partial charge on any atom is -0.481 e. The maximum atomic E-state index is 12.2. The minimum atomic E-state index is -0.839. The summed E-state index contributed by atoms with van der Waals surface area (Å²) < 4.78 is 6.04. The smallest absolute Gasteiger partial charge is 0.317 e. The van der Waals surface area contributed by atoms with Crippen LogP contribution in [0.4, 0.5) is 4.79 Å². The number of urea groups is 1. The highest BCUT2D eigenvalue weighted by Gasteiger charge is 2.42. The van der Waals surface area contributed by atoms with Gasteiger partial charge in [-0.25, -0.2) is 4.79 Å². The molecule has 1 aromatic rings. The van der Waals surface area contributed by atoms with Crippen molar-refractivity contribution in [3.8, 4) is 0 Å². The van der Waals surface area contributed by atoms with Crippen molar-refractivity contribution in [2.24, 2.45) is 5.41 Å². The van der Waals surface area contributed by atoms with Gasteiger partial charge >= 0.3 is 12.0 Å². The number of carboxylic acids is 1. The van der Waals surface area contributed by atoms with Gasteiger partial charge < -0.3 is 20.1 Å². The third kappa shape index (κ3) is 4.18. The first-order valence-corrected chi connectivity index (χ1v) is 9.45. The van der Waals surface area contributed by atoms with E-state index in [1.807, 2.05) is 0 Å². The first-order chi connectivity index (χ1) is 12.5. The summed E-state index contributed by atoms with van der Waals surface area (Å²) in [4.78, 5) is 25.0. The number of hydrogen-bond donors (Lipinski definition) is 2. The van der Waals surface area contributed by atoms with Crippen LogP contribution in [0.3, 0.4) is 0 Å². The van der Waals surface area contributed by atoms with Crippen LogP contribution in [0, 0.1) is 5.41 Å². The normalized spacial score (nSPS) is 25.0. The van der Waals surface area contributed by atoms with Crippen LogP contribution in [-0.4, -0.2) is 48.2 Å². The van der Waals surface area contributed by atoms with E-state index < -0.39 is 11.4 Å². The van der Waals surface area contributed by atoms with Crippen LogP contribution in [0.15, 0.2) is 24.3 Å². The predicted octanol–water partition coefficient (Wildman–Crippen LogP) is 2.98. The standard InChI is InChI=1S/C20H28N2O4/c1-20(18(23)24)10-12-22(14-20)19(25)21-11-5-13-26-17-9-4-7-15-6-2-3-8-16(15)17/h2-3,6,8,17H,4-5,7,9-14H2,1H3,(H,21,25)(H,23,24). The number of benzene rings is 1. The van der Waals surface area contributed by atoms with Gasteiger partial charge in [-0.1, -0.05) is 24.3 Å². The minimum absolute atomic E-state index is 0.158. The second kappa shape index (κ2) is 8.08. The van der Waals surface area contributed by atoms with Gasteiger partial charge in [0.1, 0.15) is 0 Å². The molecule has 1 saturated heterocycles. The summed E-state index contributed by atoms with van der Waals surface area (Å²) in [5, 5.41) is 12.1. The third-order valence-electron chi connectivity index (χ3n) is 5.51. The molecule has 2 amide bonds. The summed E-state index contributed by atoms with van der Waals surface area (Å²) in [6.45, 7) is 3.59. The van der Waals surface area contributed by atoms with E-state index >= 15 is 0 Å². The number of rotatable bonds is 6. The van der Waals surface area contributed by atoms with Crippen molar-refractivity contribution in [3.05, 3.63) is 35.4 Å². The molecule has 1 heterocycles. The molecule has 142 valence electrons. The Morgan fingerprint density at radius 1 is 1.38 bits per heavy atom. The van der Waals surface area contributed by atoms with E-state index in [-0.39, 0.29) is 18.7 Å². The van der Waals surface area contributed by atoms with Gasteiger partial charge in [-0.3, -0.25) is 4.79 Å². The lowest BCUT2D eigenvalue weighted by atomic mass is 9.89. The second-order valence-electron chi connectivity index (χ2n) is 7.57. The summed E-state index contributed by atoms with van der Waals surface area (Å²) in [5.41, 5.74) is 1.86. The maximum absolute atomic E-state index is 12.2. The number of ether oxygens (including phenoxy) is 1. The number of carbonyl (C=O) groups is 2. The average molecular weight is 360 g/mol. The molecule has 1 aromatic carbocycles. The number of carboxylic acid groups (broad SMARTS) is 1. The zero-order valence-electron chi connectivity index (χ0n) is 15.4. The number of likely N-dealkylation sites (tertiary alicyclic amines) is 1. The van der Waals surface area contributed by atoms with Gasteiger partial charge in [-0.15, -0.1) is 0 Å². The van der Waals surface area contributed by atoms with E-state index in [4.69, 9.17) is 4.74 Å². The quantitative estimate of drug-likeness (QED) is 0.765. The number of amides is 2. The van der Waals surface area contributed by atoms with Crippen LogP contribution < -0.4 is 5.32 Å². The van der Waals surface area contributed by atoms with Gasteiger partial charge in [0.05, 0.1) is 11.5 Å². The van der Waals surface area contributed by atoms with Gasteiger partial charge in [0.15, 0.2) is 0 Å². The molecule has 1 aliphatic carbocycles. The Labute approximate surface area is 154 Å². The van der Waals surface area contributed by atoms with Crippen LogP contribution in [0.25, 0.3) is 0 Å². The van der Waals surface area contributed by atoms with E-state index in [0.29, 0.717) is 26.1 Å². The van der Waals surface area contributed by atoms with Gasteiger partial charge in [0.25, 0.3) is 0 Å². The molecule has 2 aliphatic rings. The first kappa shape index (κ1) is 18.7. The Morgan fingerprint density at radius 2 is 2.19 bits per heavy atom. The summed E-state index contributed by atoms with van der Waals surface area (Å²) >= 11 is 0. The molecular weight excluding hydrogens is 332 g/mol. The molecule has 0 saturated carbocycles. The molecular formula is C20H28N2O4. The van der Waals surface area contributed by atoms with Crippen LogP contribution in [-0.2, 0) is 16.0 Å². The molecule has 2 N–H and O–H groups in total. The maximum Gasteiger partial charge on any atom is 0.317 e. The Hall–Kier alpha value is -2.08. The topological polar surface area (TPSA) is 78.9 Å². The molecule has 2 atom stereocenters.